The maximum absolute atomic E-state index is 12.9. The largest absolute Gasteiger partial charge is 0.480 e. The van der Waals surface area contributed by atoms with Crippen molar-refractivity contribution in [3.63, 3.8) is 0 Å². The fourth-order valence-electron chi connectivity index (χ4n) is 3.14. The molecule has 0 aliphatic heterocycles. The van der Waals surface area contributed by atoms with Gasteiger partial charge < -0.3 is 15.2 Å². The van der Waals surface area contributed by atoms with E-state index in [1.165, 1.54) is 0 Å². The van der Waals surface area contributed by atoms with Crippen LogP contribution in [0.4, 0.5) is 0 Å². The number of nitrogens with one attached hydrogen (secondary N) is 1. The zero-order valence-corrected chi connectivity index (χ0v) is 17.4. The molecule has 0 aliphatic carbocycles. The summed E-state index contributed by atoms with van der Waals surface area (Å²) in [5, 5.41) is 12.0. The Labute approximate surface area is 177 Å². The zero-order valence-electron chi connectivity index (χ0n) is 17.4. The highest BCUT2D eigenvalue weighted by atomic mass is 16.5. The summed E-state index contributed by atoms with van der Waals surface area (Å²) >= 11 is 0. The lowest BCUT2D eigenvalue weighted by Crippen LogP contribution is -2.45. The quantitative estimate of drug-likeness (QED) is 0.551. The lowest BCUT2D eigenvalue weighted by Gasteiger charge is -2.21. The monoisotopic (exact) mass is 411 g/mol. The number of hydrogen-bond donors (Lipinski definition) is 2. The Bertz CT molecular complexity index is 820. The number of ether oxygens (including phenoxy) is 1. The SMILES string of the molecule is CC(C)C[C@H](NC(=O)[C@@H](CC(=O)OCc1ccccc1)Cc1ccccc1)C(=O)O. The number of amides is 1. The van der Waals surface area contributed by atoms with E-state index in [-0.39, 0.29) is 18.9 Å². The van der Waals surface area contributed by atoms with Crippen molar-refractivity contribution in [1.29, 1.82) is 0 Å². The van der Waals surface area contributed by atoms with E-state index in [0.717, 1.165) is 11.1 Å². The van der Waals surface area contributed by atoms with Crippen LogP contribution in [-0.2, 0) is 32.1 Å². The molecular weight excluding hydrogens is 382 g/mol. The highest BCUT2D eigenvalue weighted by Crippen LogP contribution is 2.16. The van der Waals surface area contributed by atoms with Crippen LogP contribution in [0.15, 0.2) is 60.7 Å². The van der Waals surface area contributed by atoms with Crippen LogP contribution in [0.3, 0.4) is 0 Å². The molecule has 0 fully saturated rings. The molecule has 0 aromatic heterocycles. The van der Waals surface area contributed by atoms with Crippen LogP contribution in [0.25, 0.3) is 0 Å². The summed E-state index contributed by atoms with van der Waals surface area (Å²) < 4.78 is 5.33. The van der Waals surface area contributed by atoms with Crippen molar-refractivity contribution in [3.8, 4) is 0 Å². The van der Waals surface area contributed by atoms with Gasteiger partial charge >= 0.3 is 11.9 Å². The van der Waals surface area contributed by atoms with E-state index in [0.29, 0.717) is 12.8 Å². The van der Waals surface area contributed by atoms with Crippen LogP contribution in [0.1, 0.15) is 37.8 Å². The second-order valence-corrected chi connectivity index (χ2v) is 7.77. The molecule has 2 rings (SSSR count). The molecule has 2 atom stereocenters. The Morgan fingerprint density at radius 1 is 0.933 bits per heavy atom. The van der Waals surface area contributed by atoms with Gasteiger partial charge in [0, 0.05) is 0 Å². The van der Waals surface area contributed by atoms with Gasteiger partial charge in [-0.2, -0.15) is 0 Å². The van der Waals surface area contributed by atoms with Gasteiger partial charge in [-0.15, -0.1) is 0 Å². The van der Waals surface area contributed by atoms with E-state index in [4.69, 9.17) is 4.74 Å². The van der Waals surface area contributed by atoms with Crippen molar-refractivity contribution >= 4 is 17.8 Å². The highest BCUT2D eigenvalue weighted by Gasteiger charge is 2.28. The minimum Gasteiger partial charge on any atom is -0.480 e. The van der Waals surface area contributed by atoms with Crippen molar-refractivity contribution in [3.05, 3.63) is 71.8 Å². The summed E-state index contributed by atoms with van der Waals surface area (Å²) in [6, 6.07) is 17.6. The predicted octanol–water partition coefficient (Wildman–Crippen LogP) is 3.59. The van der Waals surface area contributed by atoms with Gasteiger partial charge in [0.2, 0.25) is 5.91 Å². The number of esters is 1. The maximum atomic E-state index is 12.9. The lowest BCUT2D eigenvalue weighted by molar-refractivity contribution is -0.148. The van der Waals surface area contributed by atoms with Gasteiger partial charge in [-0.1, -0.05) is 74.5 Å². The molecule has 2 aromatic rings. The molecule has 0 saturated heterocycles. The van der Waals surface area contributed by atoms with Gasteiger partial charge in [-0.05, 0) is 29.9 Å². The summed E-state index contributed by atoms with van der Waals surface area (Å²) in [6.07, 6.45) is 0.514. The molecule has 6 heteroatoms. The second-order valence-electron chi connectivity index (χ2n) is 7.77. The first-order valence-electron chi connectivity index (χ1n) is 10.1. The van der Waals surface area contributed by atoms with Gasteiger partial charge in [0.1, 0.15) is 12.6 Å². The smallest absolute Gasteiger partial charge is 0.326 e. The number of carbonyl (C=O) groups excluding carboxylic acids is 2. The molecule has 0 unspecified atom stereocenters. The average molecular weight is 411 g/mol. The predicted molar refractivity (Wildman–Crippen MR) is 114 cm³/mol. The van der Waals surface area contributed by atoms with Crippen LogP contribution < -0.4 is 5.32 Å². The topological polar surface area (TPSA) is 92.7 Å². The average Bonchev–Trinajstić information content (AvgIpc) is 2.72. The Kier molecular flexibility index (Phi) is 9.06. The van der Waals surface area contributed by atoms with Crippen LogP contribution in [0.5, 0.6) is 0 Å². The third-order valence-corrected chi connectivity index (χ3v) is 4.67. The molecule has 30 heavy (non-hydrogen) atoms. The molecular formula is C24H29NO5. The molecule has 6 nitrogen and oxygen atoms in total. The van der Waals surface area contributed by atoms with Crippen LogP contribution in [-0.4, -0.2) is 29.0 Å². The van der Waals surface area contributed by atoms with E-state index < -0.39 is 29.8 Å². The van der Waals surface area contributed by atoms with Crippen LogP contribution >= 0.6 is 0 Å². The Morgan fingerprint density at radius 3 is 2.03 bits per heavy atom. The van der Waals surface area contributed by atoms with E-state index in [2.05, 4.69) is 5.32 Å². The molecule has 0 aliphatic rings. The molecule has 160 valence electrons. The maximum Gasteiger partial charge on any atom is 0.326 e. The number of aliphatic carboxylic acids is 1. The van der Waals surface area contributed by atoms with Gasteiger partial charge in [-0.3, -0.25) is 9.59 Å². The highest BCUT2D eigenvalue weighted by molar-refractivity contribution is 5.87. The standard InChI is InChI=1S/C24H29NO5/c1-17(2)13-21(24(28)29)25-23(27)20(14-18-9-5-3-6-10-18)15-22(26)30-16-19-11-7-4-8-12-19/h3-12,17,20-21H,13-16H2,1-2H3,(H,25,27)(H,28,29)/t20-,21+/m1/s1. The molecule has 2 aromatic carbocycles. The summed E-state index contributed by atoms with van der Waals surface area (Å²) in [5.74, 6) is -2.64. The number of rotatable bonds is 11. The third kappa shape index (κ3) is 8.07. The minimum absolute atomic E-state index is 0.106. The number of carboxylic acid groups (broad SMARTS) is 1. The molecule has 0 heterocycles. The Hall–Kier alpha value is -3.15. The normalized spacial score (nSPS) is 12.8. The van der Waals surface area contributed by atoms with Crippen molar-refractivity contribution in [2.75, 3.05) is 0 Å². The van der Waals surface area contributed by atoms with Crippen molar-refractivity contribution in [2.45, 2.75) is 45.8 Å². The first-order valence-corrected chi connectivity index (χ1v) is 10.1. The summed E-state index contributed by atoms with van der Waals surface area (Å²) in [6.45, 7) is 3.92. The molecule has 0 bridgehead atoms. The lowest BCUT2D eigenvalue weighted by atomic mass is 9.94. The molecule has 0 radical (unpaired) electrons. The van der Waals surface area contributed by atoms with Gasteiger partial charge in [0.15, 0.2) is 0 Å². The summed E-state index contributed by atoms with van der Waals surface area (Å²) in [5.41, 5.74) is 1.75. The third-order valence-electron chi connectivity index (χ3n) is 4.67. The fraction of sp³-hybridized carbons (Fsp3) is 0.375. The summed E-state index contributed by atoms with van der Waals surface area (Å²) in [7, 11) is 0. The Balaban J connectivity index is 2.06. The van der Waals surface area contributed by atoms with Crippen molar-refractivity contribution in [1.82, 2.24) is 5.32 Å². The fourth-order valence-corrected chi connectivity index (χ4v) is 3.14. The summed E-state index contributed by atoms with van der Waals surface area (Å²) in [4.78, 5) is 36.8. The molecule has 1 amide bonds. The van der Waals surface area contributed by atoms with Gasteiger partial charge in [0.05, 0.1) is 12.3 Å². The molecule has 0 saturated carbocycles. The van der Waals surface area contributed by atoms with Gasteiger partial charge in [0.25, 0.3) is 0 Å². The van der Waals surface area contributed by atoms with Crippen LogP contribution in [0.2, 0.25) is 0 Å². The van der Waals surface area contributed by atoms with E-state index >= 15 is 0 Å². The van der Waals surface area contributed by atoms with E-state index in [9.17, 15) is 19.5 Å². The first kappa shape index (κ1) is 23.1. The molecule has 0 spiro atoms. The molecule has 2 N–H and O–H groups in total. The zero-order chi connectivity index (χ0) is 21.9. The minimum atomic E-state index is -1.08. The van der Waals surface area contributed by atoms with Crippen molar-refractivity contribution < 1.29 is 24.2 Å². The first-order chi connectivity index (χ1) is 14.3. The van der Waals surface area contributed by atoms with E-state index in [1.807, 2.05) is 74.5 Å². The number of hydrogen-bond acceptors (Lipinski definition) is 4. The number of benzene rings is 2. The van der Waals surface area contributed by atoms with Gasteiger partial charge in [-0.25, -0.2) is 4.79 Å². The number of carboxylic acids is 1. The van der Waals surface area contributed by atoms with Crippen LogP contribution in [0, 0.1) is 11.8 Å². The van der Waals surface area contributed by atoms with E-state index in [1.54, 1.807) is 0 Å². The second kappa shape index (κ2) is 11.8. The Morgan fingerprint density at radius 2 is 1.50 bits per heavy atom. The van der Waals surface area contributed by atoms with Crippen molar-refractivity contribution in [2.24, 2.45) is 11.8 Å². The number of carbonyl (C=O) groups is 3.